The van der Waals surface area contributed by atoms with Crippen LogP contribution in [0.1, 0.15) is 23.7 Å². The summed E-state index contributed by atoms with van der Waals surface area (Å²) in [5.74, 6) is 0.568. The summed E-state index contributed by atoms with van der Waals surface area (Å²) >= 11 is 6.09. The van der Waals surface area contributed by atoms with E-state index in [0.717, 1.165) is 0 Å². The molecule has 1 aromatic carbocycles. The quantitative estimate of drug-likeness (QED) is 0.789. The van der Waals surface area contributed by atoms with Crippen LogP contribution in [0.5, 0.6) is 11.5 Å². The molecule has 0 radical (unpaired) electrons. The monoisotopic (exact) mass is 398 g/mol. The maximum absolute atomic E-state index is 12.7. The first-order valence-electron chi connectivity index (χ1n) is 8.96. The van der Waals surface area contributed by atoms with Gasteiger partial charge in [-0.1, -0.05) is 11.6 Å². The van der Waals surface area contributed by atoms with Crippen molar-refractivity contribution in [3.8, 4) is 11.5 Å². The topological polar surface area (TPSA) is 97.3 Å². The lowest BCUT2D eigenvalue weighted by molar-refractivity contribution is -0.0268. The lowest BCUT2D eigenvalue weighted by Gasteiger charge is -2.37. The van der Waals surface area contributed by atoms with Gasteiger partial charge in [-0.3, -0.25) is 4.79 Å². The average Bonchev–Trinajstić information content (AvgIpc) is 2.66. The van der Waals surface area contributed by atoms with Crippen LogP contribution in [-0.4, -0.2) is 67.6 Å². The highest BCUT2D eigenvalue weighted by molar-refractivity contribution is 6.31. The van der Waals surface area contributed by atoms with Crippen molar-refractivity contribution in [2.24, 2.45) is 5.92 Å². The lowest BCUT2D eigenvalue weighted by Crippen LogP contribution is -2.50. The van der Waals surface area contributed by atoms with Crippen molar-refractivity contribution in [1.29, 1.82) is 0 Å². The zero-order chi connectivity index (χ0) is 19.4. The van der Waals surface area contributed by atoms with Gasteiger partial charge in [-0.15, -0.1) is 0 Å². The Morgan fingerprint density at radius 3 is 2.89 bits per heavy atom. The zero-order valence-electron chi connectivity index (χ0n) is 15.1. The largest absolute Gasteiger partial charge is 0.486 e. The van der Waals surface area contributed by atoms with E-state index < -0.39 is 6.09 Å². The third-order valence-corrected chi connectivity index (χ3v) is 4.94. The number of benzene rings is 1. The number of ether oxygens (including phenoxy) is 3. The molecule has 2 heterocycles. The number of amides is 2. The number of hydrogen-bond donors (Lipinski definition) is 2. The third-order valence-electron chi connectivity index (χ3n) is 4.72. The fraction of sp³-hybridized carbons (Fsp3) is 0.556. The van der Waals surface area contributed by atoms with E-state index in [1.165, 1.54) is 4.90 Å². The normalized spacial score (nSPS) is 21.6. The Balaban J connectivity index is 1.66. The molecule has 1 saturated heterocycles. The summed E-state index contributed by atoms with van der Waals surface area (Å²) < 4.78 is 16.8. The summed E-state index contributed by atoms with van der Waals surface area (Å²) in [7, 11) is 0. The van der Waals surface area contributed by atoms with Crippen LogP contribution in [0, 0.1) is 5.92 Å². The second-order valence-corrected chi connectivity index (χ2v) is 6.90. The second-order valence-electron chi connectivity index (χ2n) is 6.46. The summed E-state index contributed by atoms with van der Waals surface area (Å²) in [6, 6.07) is 3.18. The number of hydrogen-bond acceptors (Lipinski definition) is 5. The SMILES string of the molecule is CCOC1CN(C(=O)O)CCC1CNC(=O)c1cc(Cl)cc2c1OCCO2. The van der Waals surface area contributed by atoms with Gasteiger partial charge in [0.2, 0.25) is 0 Å². The van der Waals surface area contributed by atoms with Gasteiger partial charge in [-0.25, -0.2) is 4.79 Å². The lowest BCUT2D eigenvalue weighted by atomic mass is 9.93. The minimum absolute atomic E-state index is 0.0247. The number of fused-ring (bicyclic) bond motifs is 1. The van der Waals surface area contributed by atoms with E-state index in [1.807, 2.05) is 6.92 Å². The molecular weight excluding hydrogens is 376 g/mol. The average molecular weight is 399 g/mol. The van der Waals surface area contributed by atoms with Crippen LogP contribution < -0.4 is 14.8 Å². The molecule has 2 aliphatic rings. The highest BCUT2D eigenvalue weighted by Crippen LogP contribution is 2.36. The standard InChI is InChI=1S/C18H23ClN2O6/c1-2-25-15-10-21(18(23)24)4-3-11(15)9-20-17(22)13-7-12(19)8-14-16(13)27-6-5-26-14/h7-8,11,15H,2-6,9-10H2,1H3,(H,20,22)(H,23,24). The number of carboxylic acid groups (broad SMARTS) is 1. The summed E-state index contributed by atoms with van der Waals surface area (Å²) in [5.41, 5.74) is 0.327. The van der Waals surface area contributed by atoms with Gasteiger partial charge in [0.15, 0.2) is 11.5 Å². The van der Waals surface area contributed by atoms with Crippen LogP contribution in [0.15, 0.2) is 12.1 Å². The van der Waals surface area contributed by atoms with E-state index in [1.54, 1.807) is 12.1 Å². The molecule has 3 rings (SSSR count). The van der Waals surface area contributed by atoms with Gasteiger partial charge >= 0.3 is 6.09 Å². The Kier molecular flexibility index (Phi) is 6.28. The van der Waals surface area contributed by atoms with Crippen LogP contribution in [0.25, 0.3) is 0 Å². The molecule has 148 valence electrons. The van der Waals surface area contributed by atoms with E-state index in [-0.39, 0.29) is 17.9 Å². The first-order valence-corrected chi connectivity index (χ1v) is 9.34. The number of halogens is 1. The van der Waals surface area contributed by atoms with Crippen molar-refractivity contribution in [3.63, 3.8) is 0 Å². The first kappa shape index (κ1) is 19.6. The van der Waals surface area contributed by atoms with Crippen molar-refractivity contribution in [3.05, 3.63) is 22.7 Å². The Hall–Kier alpha value is -2.19. The van der Waals surface area contributed by atoms with Crippen LogP contribution in [-0.2, 0) is 4.74 Å². The number of piperidine rings is 1. The van der Waals surface area contributed by atoms with Crippen LogP contribution in [0.4, 0.5) is 4.79 Å². The number of carbonyl (C=O) groups is 2. The molecule has 2 amide bonds. The predicted molar refractivity (Wildman–Crippen MR) is 97.9 cm³/mol. The molecular formula is C18H23ClN2O6. The molecule has 2 N–H and O–H groups in total. The van der Waals surface area contributed by atoms with Crippen molar-refractivity contribution in [2.45, 2.75) is 19.4 Å². The summed E-state index contributed by atoms with van der Waals surface area (Å²) in [6.07, 6.45) is -0.595. The first-order chi connectivity index (χ1) is 13.0. The zero-order valence-corrected chi connectivity index (χ0v) is 15.8. The molecule has 2 unspecified atom stereocenters. The molecule has 0 saturated carbocycles. The van der Waals surface area contributed by atoms with Crippen molar-refractivity contribution >= 4 is 23.6 Å². The highest BCUT2D eigenvalue weighted by atomic mass is 35.5. The van der Waals surface area contributed by atoms with Crippen LogP contribution >= 0.6 is 11.6 Å². The van der Waals surface area contributed by atoms with E-state index in [4.69, 9.17) is 25.8 Å². The van der Waals surface area contributed by atoms with Crippen LogP contribution in [0.2, 0.25) is 5.02 Å². The summed E-state index contributed by atoms with van der Waals surface area (Å²) in [6.45, 7) is 4.22. The number of nitrogens with one attached hydrogen (secondary N) is 1. The predicted octanol–water partition coefficient (Wildman–Crippen LogP) is 2.25. The molecule has 1 aromatic rings. The molecule has 27 heavy (non-hydrogen) atoms. The van der Waals surface area contributed by atoms with E-state index in [9.17, 15) is 14.7 Å². The van der Waals surface area contributed by atoms with Crippen molar-refractivity contribution in [2.75, 3.05) is 39.5 Å². The van der Waals surface area contributed by atoms with Crippen molar-refractivity contribution < 1.29 is 28.9 Å². The highest BCUT2D eigenvalue weighted by Gasteiger charge is 2.32. The van der Waals surface area contributed by atoms with Gasteiger partial charge in [0.1, 0.15) is 13.2 Å². The fourth-order valence-corrected chi connectivity index (χ4v) is 3.59. The van der Waals surface area contributed by atoms with Gasteiger partial charge in [0, 0.05) is 36.7 Å². The Morgan fingerprint density at radius 1 is 1.37 bits per heavy atom. The van der Waals surface area contributed by atoms with Crippen LogP contribution in [0.3, 0.4) is 0 Å². The summed E-state index contributed by atoms with van der Waals surface area (Å²) in [5, 5.41) is 12.5. The Bertz CT molecular complexity index is 713. The Labute approximate surface area is 162 Å². The molecule has 0 bridgehead atoms. The molecule has 9 heteroatoms. The van der Waals surface area contributed by atoms with Gasteiger partial charge in [0.05, 0.1) is 18.2 Å². The molecule has 2 aliphatic heterocycles. The number of nitrogens with zero attached hydrogens (tertiary/aromatic N) is 1. The summed E-state index contributed by atoms with van der Waals surface area (Å²) in [4.78, 5) is 25.2. The molecule has 0 spiro atoms. The fourth-order valence-electron chi connectivity index (χ4n) is 3.38. The van der Waals surface area contributed by atoms with E-state index in [0.29, 0.717) is 68.0 Å². The molecule has 2 atom stereocenters. The maximum Gasteiger partial charge on any atom is 0.407 e. The van der Waals surface area contributed by atoms with Gasteiger partial charge < -0.3 is 29.5 Å². The van der Waals surface area contributed by atoms with Gasteiger partial charge in [-0.2, -0.15) is 0 Å². The Morgan fingerprint density at radius 2 is 2.15 bits per heavy atom. The van der Waals surface area contributed by atoms with E-state index in [2.05, 4.69) is 5.32 Å². The third kappa shape index (κ3) is 4.56. The maximum atomic E-state index is 12.7. The second kappa shape index (κ2) is 8.67. The number of carbonyl (C=O) groups excluding carboxylic acids is 1. The van der Waals surface area contributed by atoms with Gasteiger partial charge in [0.25, 0.3) is 5.91 Å². The minimum Gasteiger partial charge on any atom is -0.486 e. The van der Waals surface area contributed by atoms with Crippen molar-refractivity contribution in [1.82, 2.24) is 10.2 Å². The molecule has 8 nitrogen and oxygen atoms in total. The molecule has 0 aliphatic carbocycles. The van der Waals surface area contributed by atoms with E-state index >= 15 is 0 Å². The number of likely N-dealkylation sites (tertiary alicyclic amines) is 1. The molecule has 1 fully saturated rings. The minimum atomic E-state index is -0.954. The smallest absolute Gasteiger partial charge is 0.407 e. The molecule has 0 aromatic heterocycles. The van der Waals surface area contributed by atoms with Gasteiger partial charge in [-0.05, 0) is 19.4 Å². The number of rotatable bonds is 5.